The quantitative estimate of drug-likeness (QED) is 0.732. The fourth-order valence-electron chi connectivity index (χ4n) is 2.18. The van der Waals surface area contributed by atoms with Crippen LogP contribution in [0.15, 0.2) is 63.8 Å². The molecule has 0 unspecified atom stereocenters. The van der Waals surface area contributed by atoms with E-state index in [2.05, 4.69) is 5.32 Å². The van der Waals surface area contributed by atoms with Gasteiger partial charge >= 0.3 is 5.63 Å². The van der Waals surface area contributed by atoms with Crippen LogP contribution >= 0.6 is 0 Å². The summed E-state index contributed by atoms with van der Waals surface area (Å²) in [5, 5.41) is 3.61. The van der Waals surface area contributed by atoms with Crippen molar-refractivity contribution in [1.29, 1.82) is 0 Å². The third kappa shape index (κ3) is 2.69. The molecule has 104 valence electrons. The Balaban J connectivity index is 1.91. The first kappa shape index (κ1) is 13.1. The second kappa shape index (κ2) is 5.25. The van der Waals surface area contributed by atoms with Gasteiger partial charge in [0, 0.05) is 22.7 Å². The first-order valence-electron chi connectivity index (χ1n) is 6.54. The van der Waals surface area contributed by atoms with Crippen molar-refractivity contribution < 1.29 is 9.21 Å². The van der Waals surface area contributed by atoms with Crippen molar-refractivity contribution in [2.75, 3.05) is 5.32 Å². The molecule has 3 aromatic rings. The Labute approximate surface area is 121 Å². The molecule has 4 nitrogen and oxygen atoms in total. The van der Waals surface area contributed by atoms with E-state index in [0.717, 1.165) is 10.9 Å². The minimum Gasteiger partial charge on any atom is -0.423 e. The number of fused-ring (bicyclic) bond motifs is 1. The molecule has 1 N–H and O–H groups in total. The van der Waals surface area contributed by atoms with Crippen molar-refractivity contribution in [1.82, 2.24) is 0 Å². The van der Waals surface area contributed by atoms with Gasteiger partial charge in [-0.05, 0) is 42.8 Å². The zero-order valence-electron chi connectivity index (χ0n) is 11.4. The maximum absolute atomic E-state index is 12.2. The Morgan fingerprint density at radius 3 is 2.67 bits per heavy atom. The Morgan fingerprint density at radius 2 is 1.86 bits per heavy atom. The van der Waals surface area contributed by atoms with Gasteiger partial charge in [-0.15, -0.1) is 0 Å². The van der Waals surface area contributed by atoms with Crippen LogP contribution in [-0.2, 0) is 0 Å². The fraction of sp³-hybridized carbons (Fsp3) is 0.0588. The largest absolute Gasteiger partial charge is 0.423 e. The van der Waals surface area contributed by atoms with Crippen LogP contribution in [0.2, 0.25) is 0 Å². The monoisotopic (exact) mass is 279 g/mol. The molecule has 0 saturated carbocycles. The van der Waals surface area contributed by atoms with Gasteiger partial charge in [-0.3, -0.25) is 4.79 Å². The Bertz CT molecular complexity index is 880. The number of amides is 1. The number of hydrogen-bond acceptors (Lipinski definition) is 3. The molecule has 1 amide bonds. The van der Waals surface area contributed by atoms with Crippen molar-refractivity contribution in [3.05, 3.63) is 76.1 Å². The van der Waals surface area contributed by atoms with E-state index >= 15 is 0 Å². The van der Waals surface area contributed by atoms with Crippen LogP contribution in [0.4, 0.5) is 5.69 Å². The summed E-state index contributed by atoms with van der Waals surface area (Å²) < 4.78 is 5.06. The third-order valence-corrected chi connectivity index (χ3v) is 3.27. The highest BCUT2D eigenvalue weighted by atomic mass is 16.4. The summed E-state index contributed by atoms with van der Waals surface area (Å²) in [6.07, 6.45) is 0. The summed E-state index contributed by atoms with van der Waals surface area (Å²) in [4.78, 5) is 23.4. The Morgan fingerprint density at radius 1 is 1.05 bits per heavy atom. The zero-order chi connectivity index (χ0) is 14.8. The van der Waals surface area contributed by atoms with Crippen LogP contribution in [0.3, 0.4) is 0 Å². The summed E-state index contributed by atoms with van der Waals surface area (Å²) in [7, 11) is 0. The molecule has 3 rings (SSSR count). The summed E-state index contributed by atoms with van der Waals surface area (Å²) >= 11 is 0. The average molecular weight is 279 g/mol. The van der Waals surface area contributed by atoms with Gasteiger partial charge in [0.1, 0.15) is 5.58 Å². The van der Waals surface area contributed by atoms with Gasteiger partial charge in [0.15, 0.2) is 0 Å². The third-order valence-electron chi connectivity index (χ3n) is 3.27. The van der Waals surface area contributed by atoms with Gasteiger partial charge in [-0.2, -0.15) is 0 Å². The number of nitrogens with one attached hydrogen (secondary N) is 1. The van der Waals surface area contributed by atoms with E-state index in [9.17, 15) is 9.59 Å². The van der Waals surface area contributed by atoms with E-state index in [0.29, 0.717) is 16.8 Å². The van der Waals surface area contributed by atoms with Gasteiger partial charge in [0.25, 0.3) is 5.91 Å². The van der Waals surface area contributed by atoms with E-state index in [1.54, 1.807) is 30.3 Å². The Kier molecular flexibility index (Phi) is 3.28. The van der Waals surface area contributed by atoms with Crippen LogP contribution < -0.4 is 10.9 Å². The lowest BCUT2D eigenvalue weighted by Gasteiger charge is -2.08. The van der Waals surface area contributed by atoms with Crippen LogP contribution in [0.25, 0.3) is 11.0 Å². The van der Waals surface area contributed by atoms with Crippen molar-refractivity contribution in [2.45, 2.75) is 6.92 Å². The molecule has 0 atom stereocenters. The summed E-state index contributed by atoms with van der Waals surface area (Å²) in [5.74, 6) is -0.162. The zero-order valence-corrected chi connectivity index (χ0v) is 11.4. The molecule has 0 aliphatic carbocycles. The Hall–Kier alpha value is -2.88. The lowest BCUT2D eigenvalue weighted by atomic mass is 10.1. The highest BCUT2D eigenvalue weighted by molar-refractivity contribution is 6.05. The molecule has 0 spiro atoms. The van der Waals surface area contributed by atoms with Gasteiger partial charge in [-0.25, -0.2) is 4.79 Å². The first-order valence-corrected chi connectivity index (χ1v) is 6.54. The minimum absolute atomic E-state index is 0.162. The van der Waals surface area contributed by atoms with Crippen LogP contribution in [-0.4, -0.2) is 5.91 Å². The molecule has 0 radical (unpaired) electrons. The normalized spacial score (nSPS) is 10.5. The molecule has 1 aromatic heterocycles. The lowest BCUT2D eigenvalue weighted by molar-refractivity contribution is 0.102. The first-order chi connectivity index (χ1) is 10.1. The topological polar surface area (TPSA) is 59.3 Å². The van der Waals surface area contributed by atoms with Crippen molar-refractivity contribution >= 4 is 22.6 Å². The predicted octanol–water partition coefficient (Wildman–Crippen LogP) is 3.35. The smallest absolute Gasteiger partial charge is 0.336 e. The lowest BCUT2D eigenvalue weighted by Crippen LogP contribution is -2.13. The minimum atomic E-state index is -0.390. The molecule has 4 heteroatoms. The molecule has 2 aromatic carbocycles. The molecule has 0 bridgehead atoms. The highest BCUT2D eigenvalue weighted by Crippen LogP contribution is 2.19. The standard InChI is InChI=1S/C17H13NO3/c1-11-4-2-3-5-14(11)17(20)18-13-7-8-15-12(10-13)6-9-16(19)21-15/h2-10H,1H3,(H,18,20). The molecular formula is C17H13NO3. The summed E-state index contributed by atoms with van der Waals surface area (Å²) in [6.45, 7) is 1.89. The molecule has 0 aliphatic heterocycles. The predicted molar refractivity (Wildman–Crippen MR) is 81.6 cm³/mol. The van der Waals surface area contributed by atoms with Crippen LogP contribution in [0, 0.1) is 6.92 Å². The number of anilines is 1. The summed E-state index contributed by atoms with van der Waals surface area (Å²) in [5.41, 5.74) is 2.32. The molecule has 0 saturated heterocycles. The SMILES string of the molecule is Cc1ccccc1C(=O)Nc1ccc2oc(=O)ccc2c1. The molecule has 0 fully saturated rings. The van der Waals surface area contributed by atoms with Crippen molar-refractivity contribution in [3.8, 4) is 0 Å². The van der Waals surface area contributed by atoms with E-state index in [4.69, 9.17) is 4.42 Å². The van der Waals surface area contributed by atoms with E-state index < -0.39 is 0 Å². The number of benzene rings is 2. The maximum atomic E-state index is 12.2. The molecule has 1 heterocycles. The second-order valence-corrected chi connectivity index (χ2v) is 4.78. The van der Waals surface area contributed by atoms with E-state index in [1.165, 1.54) is 6.07 Å². The number of hydrogen-bond donors (Lipinski definition) is 1. The van der Waals surface area contributed by atoms with Crippen LogP contribution in [0.1, 0.15) is 15.9 Å². The van der Waals surface area contributed by atoms with Gasteiger partial charge in [0.05, 0.1) is 0 Å². The van der Waals surface area contributed by atoms with Crippen molar-refractivity contribution in [2.24, 2.45) is 0 Å². The maximum Gasteiger partial charge on any atom is 0.336 e. The number of rotatable bonds is 2. The second-order valence-electron chi connectivity index (χ2n) is 4.78. The van der Waals surface area contributed by atoms with Crippen molar-refractivity contribution in [3.63, 3.8) is 0 Å². The fourth-order valence-corrected chi connectivity index (χ4v) is 2.18. The van der Waals surface area contributed by atoms with E-state index in [1.807, 2.05) is 25.1 Å². The highest BCUT2D eigenvalue weighted by Gasteiger charge is 2.09. The molecule has 0 aliphatic rings. The van der Waals surface area contributed by atoms with Crippen LogP contribution in [0.5, 0.6) is 0 Å². The average Bonchev–Trinajstić information content (AvgIpc) is 2.48. The number of aryl methyl sites for hydroxylation is 1. The van der Waals surface area contributed by atoms with Gasteiger partial charge < -0.3 is 9.73 Å². The summed E-state index contributed by atoms with van der Waals surface area (Å²) in [6, 6.07) is 15.6. The number of carbonyl (C=O) groups excluding carboxylic acids is 1. The van der Waals surface area contributed by atoms with E-state index in [-0.39, 0.29) is 11.5 Å². The molecule has 21 heavy (non-hydrogen) atoms. The van der Waals surface area contributed by atoms with Gasteiger partial charge in [-0.1, -0.05) is 18.2 Å². The molecular weight excluding hydrogens is 266 g/mol. The number of carbonyl (C=O) groups is 1. The van der Waals surface area contributed by atoms with Gasteiger partial charge in [0.2, 0.25) is 0 Å².